The van der Waals surface area contributed by atoms with Crippen LogP contribution >= 0.6 is 0 Å². The van der Waals surface area contributed by atoms with Gasteiger partial charge in [0, 0.05) is 18.3 Å². The Labute approximate surface area is 105 Å². The molecule has 0 bridgehead atoms. The van der Waals surface area contributed by atoms with Gasteiger partial charge in [0.25, 0.3) is 0 Å². The summed E-state index contributed by atoms with van der Waals surface area (Å²) in [5, 5.41) is 2.75. The second-order valence-electron chi connectivity index (χ2n) is 3.82. The lowest BCUT2D eigenvalue weighted by Gasteiger charge is -2.17. The van der Waals surface area contributed by atoms with Crippen molar-refractivity contribution in [3.63, 3.8) is 0 Å². The fourth-order valence-electron chi connectivity index (χ4n) is 1.58. The van der Waals surface area contributed by atoms with E-state index < -0.39 is 18.1 Å². The smallest absolute Gasteiger partial charge is 0.383 e. The van der Waals surface area contributed by atoms with Gasteiger partial charge in [-0.15, -0.1) is 0 Å². The molecular formula is C12H8F3NO3. The van der Waals surface area contributed by atoms with Gasteiger partial charge in [-0.2, -0.15) is 13.2 Å². The molecule has 19 heavy (non-hydrogen) atoms. The monoisotopic (exact) mass is 271 g/mol. The van der Waals surface area contributed by atoms with E-state index >= 15 is 0 Å². The van der Waals surface area contributed by atoms with Crippen molar-refractivity contribution in [2.24, 2.45) is 0 Å². The maximum absolute atomic E-state index is 12.0. The van der Waals surface area contributed by atoms with Gasteiger partial charge in [-0.1, -0.05) is 18.2 Å². The SMILES string of the molecule is O=C(OC(=O)C(F)(F)F)C1=CNc2ccccc2C1. The number of hydrogen-bond donors (Lipinski definition) is 1. The van der Waals surface area contributed by atoms with Crippen LogP contribution in [-0.2, 0) is 20.7 Å². The Balaban J connectivity index is 2.07. The van der Waals surface area contributed by atoms with E-state index in [0.29, 0.717) is 0 Å². The molecule has 1 aromatic rings. The summed E-state index contributed by atoms with van der Waals surface area (Å²) in [6.45, 7) is 0. The van der Waals surface area contributed by atoms with Gasteiger partial charge in [0.2, 0.25) is 0 Å². The highest BCUT2D eigenvalue weighted by molar-refractivity contribution is 5.98. The van der Waals surface area contributed by atoms with Crippen LogP contribution in [0.25, 0.3) is 0 Å². The van der Waals surface area contributed by atoms with Gasteiger partial charge in [0.15, 0.2) is 0 Å². The summed E-state index contributed by atoms with van der Waals surface area (Å²) >= 11 is 0. The molecule has 0 aromatic heterocycles. The predicted molar refractivity (Wildman–Crippen MR) is 59.0 cm³/mol. The van der Waals surface area contributed by atoms with Crippen molar-refractivity contribution in [2.45, 2.75) is 12.6 Å². The molecule has 1 aliphatic rings. The molecule has 0 saturated heterocycles. The van der Waals surface area contributed by atoms with E-state index in [0.717, 1.165) is 11.3 Å². The predicted octanol–water partition coefficient (Wildman–Crippen LogP) is 2.17. The first-order chi connectivity index (χ1) is 8.88. The zero-order valence-electron chi connectivity index (χ0n) is 9.45. The minimum atomic E-state index is -5.18. The van der Waals surface area contributed by atoms with Gasteiger partial charge < -0.3 is 10.1 Å². The number of carbonyl (C=O) groups is 2. The van der Waals surface area contributed by atoms with E-state index in [1.807, 2.05) is 0 Å². The third-order valence-electron chi connectivity index (χ3n) is 2.48. The molecule has 0 aliphatic carbocycles. The highest BCUT2D eigenvalue weighted by Gasteiger charge is 2.42. The van der Waals surface area contributed by atoms with Crippen LogP contribution in [0.3, 0.4) is 0 Å². The van der Waals surface area contributed by atoms with Gasteiger partial charge >= 0.3 is 18.1 Å². The van der Waals surface area contributed by atoms with Crippen LogP contribution in [0.2, 0.25) is 0 Å². The molecule has 1 aliphatic heterocycles. The number of halogens is 3. The Morgan fingerprint density at radius 1 is 1.21 bits per heavy atom. The first-order valence-corrected chi connectivity index (χ1v) is 5.25. The van der Waals surface area contributed by atoms with Crippen LogP contribution in [0.15, 0.2) is 36.0 Å². The molecule has 2 rings (SSSR count). The molecule has 0 fully saturated rings. The van der Waals surface area contributed by atoms with Crippen molar-refractivity contribution < 1.29 is 27.5 Å². The number of rotatable bonds is 1. The Bertz CT molecular complexity index is 564. The molecule has 1 heterocycles. The number of carbonyl (C=O) groups excluding carboxylic acids is 2. The average molecular weight is 271 g/mol. The molecule has 1 aromatic carbocycles. The van der Waals surface area contributed by atoms with E-state index in [9.17, 15) is 22.8 Å². The molecule has 0 atom stereocenters. The van der Waals surface area contributed by atoms with E-state index in [1.165, 1.54) is 6.20 Å². The number of fused-ring (bicyclic) bond motifs is 1. The number of nitrogens with one attached hydrogen (secondary N) is 1. The summed E-state index contributed by atoms with van der Waals surface area (Å²) in [5.74, 6) is -3.82. The van der Waals surface area contributed by atoms with Crippen molar-refractivity contribution in [3.8, 4) is 0 Å². The van der Waals surface area contributed by atoms with Crippen LogP contribution in [0, 0.1) is 0 Å². The number of esters is 2. The van der Waals surface area contributed by atoms with Gasteiger partial charge in [-0.3, -0.25) is 0 Å². The van der Waals surface area contributed by atoms with Crippen molar-refractivity contribution in [1.82, 2.24) is 0 Å². The Morgan fingerprint density at radius 2 is 1.89 bits per heavy atom. The molecular weight excluding hydrogens is 263 g/mol. The van der Waals surface area contributed by atoms with E-state index in [1.54, 1.807) is 24.3 Å². The number of para-hydroxylation sites is 1. The van der Waals surface area contributed by atoms with Crippen LogP contribution < -0.4 is 5.32 Å². The lowest BCUT2D eigenvalue weighted by Crippen LogP contribution is -2.29. The molecule has 0 saturated carbocycles. The maximum Gasteiger partial charge on any atom is 0.491 e. The fourth-order valence-corrected chi connectivity index (χ4v) is 1.58. The van der Waals surface area contributed by atoms with Crippen LogP contribution in [0.1, 0.15) is 5.56 Å². The number of hydrogen-bond acceptors (Lipinski definition) is 4. The van der Waals surface area contributed by atoms with Crippen LogP contribution in [0.4, 0.5) is 18.9 Å². The minimum absolute atomic E-state index is 0.0451. The average Bonchev–Trinajstić information content (AvgIpc) is 2.37. The zero-order chi connectivity index (χ0) is 14.0. The molecule has 0 radical (unpaired) electrons. The van der Waals surface area contributed by atoms with Gasteiger partial charge in [-0.05, 0) is 11.6 Å². The van der Waals surface area contributed by atoms with Crippen LogP contribution in [0.5, 0.6) is 0 Å². The van der Waals surface area contributed by atoms with Gasteiger partial charge in [0.1, 0.15) is 0 Å². The third-order valence-corrected chi connectivity index (χ3v) is 2.48. The first-order valence-electron chi connectivity index (χ1n) is 5.25. The summed E-state index contributed by atoms with van der Waals surface area (Å²) < 4.78 is 39.6. The molecule has 4 nitrogen and oxygen atoms in total. The second-order valence-corrected chi connectivity index (χ2v) is 3.82. The van der Waals surface area contributed by atoms with Crippen molar-refractivity contribution in [2.75, 3.05) is 5.32 Å². The molecule has 1 N–H and O–H groups in total. The summed E-state index contributed by atoms with van der Waals surface area (Å²) in [4.78, 5) is 22.0. The molecule has 0 spiro atoms. The highest BCUT2D eigenvalue weighted by Crippen LogP contribution is 2.24. The summed E-state index contributed by atoms with van der Waals surface area (Å²) in [5.41, 5.74) is 1.44. The number of anilines is 1. The highest BCUT2D eigenvalue weighted by atomic mass is 19.4. The van der Waals surface area contributed by atoms with Gasteiger partial charge in [0.05, 0.1) is 5.57 Å². The second kappa shape index (κ2) is 4.75. The largest absolute Gasteiger partial charge is 0.491 e. The van der Waals surface area contributed by atoms with Crippen molar-refractivity contribution in [1.29, 1.82) is 0 Å². The molecule has 0 unspecified atom stereocenters. The lowest BCUT2D eigenvalue weighted by molar-refractivity contribution is -0.200. The minimum Gasteiger partial charge on any atom is -0.383 e. The number of alkyl halides is 3. The Hall–Kier alpha value is -2.31. The fraction of sp³-hybridized carbons (Fsp3) is 0.167. The summed E-state index contributed by atoms with van der Waals surface area (Å²) in [7, 11) is 0. The summed E-state index contributed by atoms with van der Waals surface area (Å²) in [6, 6.07) is 6.98. The van der Waals surface area contributed by atoms with E-state index in [4.69, 9.17) is 0 Å². The maximum atomic E-state index is 12.0. The molecule has 7 heteroatoms. The Morgan fingerprint density at radius 3 is 2.58 bits per heavy atom. The van der Waals surface area contributed by atoms with E-state index in [-0.39, 0.29) is 12.0 Å². The quantitative estimate of drug-likeness (QED) is 0.628. The zero-order valence-corrected chi connectivity index (χ0v) is 9.45. The molecule has 100 valence electrons. The normalized spacial score (nSPS) is 13.9. The number of ether oxygens (including phenoxy) is 1. The van der Waals surface area contributed by atoms with Gasteiger partial charge in [-0.25, -0.2) is 9.59 Å². The first kappa shape index (κ1) is 13.1. The van der Waals surface area contributed by atoms with Crippen molar-refractivity contribution in [3.05, 3.63) is 41.6 Å². The standard InChI is InChI=1S/C12H8F3NO3/c13-12(14,15)11(18)19-10(17)8-5-7-3-1-2-4-9(7)16-6-8/h1-4,6,16H,5H2. The van der Waals surface area contributed by atoms with Crippen LogP contribution in [-0.4, -0.2) is 18.1 Å². The molecule has 0 amide bonds. The third kappa shape index (κ3) is 2.93. The van der Waals surface area contributed by atoms with E-state index in [2.05, 4.69) is 10.1 Å². The van der Waals surface area contributed by atoms with Crippen molar-refractivity contribution >= 4 is 17.6 Å². The lowest BCUT2D eigenvalue weighted by atomic mass is 10.0. The Kier molecular flexibility index (Phi) is 3.28. The number of benzene rings is 1. The summed E-state index contributed by atoms with van der Waals surface area (Å²) in [6.07, 6.45) is -3.85. The topological polar surface area (TPSA) is 55.4 Å².